The third-order valence-corrected chi connectivity index (χ3v) is 4.45. The van der Waals surface area contributed by atoms with Crippen LogP contribution in [0.15, 0.2) is 39.1 Å². The Hall–Kier alpha value is -0.520. The van der Waals surface area contributed by atoms with Gasteiger partial charge in [-0.1, -0.05) is 0 Å². The summed E-state index contributed by atoms with van der Waals surface area (Å²) < 4.78 is 1.14. The van der Waals surface area contributed by atoms with Crippen molar-refractivity contribution >= 4 is 44.8 Å². The van der Waals surface area contributed by atoms with E-state index in [1.807, 2.05) is 18.5 Å². The van der Waals surface area contributed by atoms with Crippen molar-refractivity contribution in [2.45, 2.75) is 11.4 Å². The minimum Gasteiger partial charge on any atom is -0.365 e. The number of thioether (sulfide) groups is 1. The average Bonchev–Trinajstić information content (AvgIpc) is 2.73. The van der Waals surface area contributed by atoms with Gasteiger partial charge in [0.15, 0.2) is 0 Å². The van der Waals surface area contributed by atoms with E-state index >= 15 is 0 Å². The fourth-order valence-corrected chi connectivity index (χ4v) is 2.98. The van der Waals surface area contributed by atoms with E-state index < -0.39 is 0 Å². The van der Waals surface area contributed by atoms with Gasteiger partial charge in [-0.25, -0.2) is 4.98 Å². The van der Waals surface area contributed by atoms with Gasteiger partial charge in [0.25, 0.3) is 0 Å². The maximum absolute atomic E-state index is 4.33. The summed E-state index contributed by atoms with van der Waals surface area (Å²) in [7, 11) is 0. The number of anilines is 1. The van der Waals surface area contributed by atoms with Gasteiger partial charge in [-0.2, -0.15) is 0 Å². The Labute approximate surface area is 112 Å². The maximum Gasteiger partial charge on any atom is 0.126 e. The lowest BCUT2D eigenvalue weighted by atomic mass is 10.4. The molecule has 0 aliphatic heterocycles. The first-order chi connectivity index (χ1) is 7.78. The van der Waals surface area contributed by atoms with Crippen molar-refractivity contribution < 1.29 is 0 Å². The number of aromatic nitrogens is 1. The van der Waals surface area contributed by atoms with Crippen LogP contribution in [-0.2, 0) is 6.54 Å². The van der Waals surface area contributed by atoms with E-state index in [-0.39, 0.29) is 0 Å². The molecule has 84 valence electrons. The second-order valence-corrected chi connectivity index (χ2v) is 5.96. The van der Waals surface area contributed by atoms with Crippen molar-refractivity contribution in [1.82, 2.24) is 4.98 Å². The minimum absolute atomic E-state index is 0.821. The molecule has 0 bridgehead atoms. The normalized spacial score (nSPS) is 10.4. The van der Waals surface area contributed by atoms with Crippen LogP contribution in [0.5, 0.6) is 0 Å². The maximum atomic E-state index is 4.33. The highest BCUT2D eigenvalue weighted by Gasteiger charge is 1.98. The van der Waals surface area contributed by atoms with Crippen molar-refractivity contribution in [3.8, 4) is 0 Å². The van der Waals surface area contributed by atoms with Crippen molar-refractivity contribution in [3.63, 3.8) is 0 Å². The number of rotatable bonds is 4. The molecular formula is C11H11BrN2S2. The average molecular weight is 315 g/mol. The molecule has 0 saturated heterocycles. The molecule has 2 aromatic rings. The van der Waals surface area contributed by atoms with E-state index in [1.165, 1.54) is 9.77 Å². The fraction of sp³-hybridized carbons (Fsp3) is 0.182. The number of hydrogen-bond donors (Lipinski definition) is 1. The lowest BCUT2D eigenvalue weighted by molar-refractivity contribution is 1.12. The molecule has 0 unspecified atom stereocenters. The van der Waals surface area contributed by atoms with Gasteiger partial charge in [-0.15, -0.1) is 23.1 Å². The van der Waals surface area contributed by atoms with Crippen LogP contribution in [0.4, 0.5) is 5.82 Å². The summed E-state index contributed by atoms with van der Waals surface area (Å²) in [6, 6.07) is 6.20. The van der Waals surface area contributed by atoms with E-state index in [0.717, 1.165) is 16.8 Å². The van der Waals surface area contributed by atoms with Crippen LogP contribution in [-0.4, -0.2) is 11.2 Å². The Morgan fingerprint density at radius 3 is 2.94 bits per heavy atom. The van der Waals surface area contributed by atoms with Crippen LogP contribution in [0.2, 0.25) is 0 Å². The predicted octanol–water partition coefficient (Wildman–Crippen LogP) is 4.24. The van der Waals surface area contributed by atoms with Crippen LogP contribution in [0, 0.1) is 0 Å². The fourth-order valence-electron chi connectivity index (χ4n) is 1.23. The highest BCUT2D eigenvalue weighted by Crippen LogP contribution is 2.21. The van der Waals surface area contributed by atoms with Gasteiger partial charge in [-0.05, 0) is 40.4 Å². The molecule has 1 N–H and O–H groups in total. The standard InChI is InChI=1S/C11H11BrN2S2/c1-15-9-2-3-11(13-5-9)14-6-10-4-8(12)7-16-10/h2-5,7H,6H2,1H3,(H,13,14). The van der Waals surface area contributed by atoms with Gasteiger partial charge in [0.1, 0.15) is 5.82 Å². The van der Waals surface area contributed by atoms with Crippen molar-refractivity contribution in [2.75, 3.05) is 11.6 Å². The van der Waals surface area contributed by atoms with E-state index in [9.17, 15) is 0 Å². The molecule has 0 atom stereocenters. The molecule has 2 rings (SSSR count). The zero-order valence-electron chi connectivity index (χ0n) is 8.74. The Morgan fingerprint density at radius 1 is 1.50 bits per heavy atom. The first-order valence-electron chi connectivity index (χ1n) is 4.75. The van der Waals surface area contributed by atoms with E-state index in [2.05, 4.69) is 43.7 Å². The molecule has 16 heavy (non-hydrogen) atoms. The van der Waals surface area contributed by atoms with Gasteiger partial charge >= 0.3 is 0 Å². The molecule has 0 radical (unpaired) electrons. The quantitative estimate of drug-likeness (QED) is 0.854. The summed E-state index contributed by atoms with van der Waals surface area (Å²) in [5.74, 6) is 0.919. The first-order valence-corrected chi connectivity index (χ1v) is 7.64. The van der Waals surface area contributed by atoms with Crippen LogP contribution in [0.25, 0.3) is 0 Å². The molecule has 0 amide bonds. The van der Waals surface area contributed by atoms with Gasteiger partial charge < -0.3 is 5.32 Å². The number of pyridine rings is 1. The number of halogens is 1. The summed E-state index contributed by atoms with van der Waals surface area (Å²) in [4.78, 5) is 6.81. The van der Waals surface area contributed by atoms with Gasteiger partial charge in [0.2, 0.25) is 0 Å². The largest absolute Gasteiger partial charge is 0.365 e. The topological polar surface area (TPSA) is 24.9 Å². The number of thiophene rings is 1. The highest BCUT2D eigenvalue weighted by atomic mass is 79.9. The van der Waals surface area contributed by atoms with Gasteiger partial charge in [-0.3, -0.25) is 0 Å². The summed E-state index contributed by atoms with van der Waals surface area (Å²) in [6.07, 6.45) is 3.94. The lowest BCUT2D eigenvalue weighted by Crippen LogP contribution is -1.99. The van der Waals surface area contributed by atoms with E-state index in [0.29, 0.717) is 0 Å². The van der Waals surface area contributed by atoms with E-state index in [1.54, 1.807) is 23.1 Å². The number of hydrogen-bond acceptors (Lipinski definition) is 4. The third kappa shape index (κ3) is 3.23. The van der Waals surface area contributed by atoms with Crippen LogP contribution in [0.3, 0.4) is 0 Å². The number of nitrogens with zero attached hydrogens (tertiary/aromatic N) is 1. The summed E-state index contributed by atoms with van der Waals surface area (Å²) >= 11 is 6.88. The van der Waals surface area contributed by atoms with Crippen LogP contribution in [0.1, 0.15) is 4.88 Å². The molecule has 2 aromatic heterocycles. The molecule has 0 saturated carbocycles. The summed E-state index contributed by atoms with van der Waals surface area (Å²) in [5.41, 5.74) is 0. The first kappa shape index (κ1) is 12.0. The molecule has 2 nitrogen and oxygen atoms in total. The molecule has 0 aromatic carbocycles. The minimum atomic E-state index is 0.821. The zero-order valence-corrected chi connectivity index (χ0v) is 12.0. The Bertz CT molecular complexity index is 453. The monoisotopic (exact) mass is 314 g/mol. The van der Waals surface area contributed by atoms with E-state index in [4.69, 9.17) is 0 Å². The molecule has 0 spiro atoms. The molecular weight excluding hydrogens is 304 g/mol. The third-order valence-electron chi connectivity index (χ3n) is 2.04. The molecule has 2 heterocycles. The SMILES string of the molecule is CSc1ccc(NCc2cc(Br)cs2)nc1. The predicted molar refractivity (Wildman–Crippen MR) is 75.4 cm³/mol. The molecule has 5 heteroatoms. The number of nitrogens with one attached hydrogen (secondary N) is 1. The van der Waals surface area contributed by atoms with Gasteiger partial charge in [0.05, 0.1) is 6.54 Å². The molecule has 0 fully saturated rings. The van der Waals surface area contributed by atoms with Gasteiger partial charge in [0, 0.05) is 25.8 Å². The summed E-state index contributed by atoms with van der Waals surface area (Å²) in [6.45, 7) is 0.821. The van der Waals surface area contributed by atoms with Crippen LogP contribution < -0.4 is 5.32 Å². The second-order valence-electron chi connectivity index (χ2n) is 3.17. The zero-order chi connectivity index (χ0) is 11.4. The lowest BCUT2D eigenvalue weighted by Gasteiger charge is -2.03. The van der Waals surface area contributed by atoms with Crippen molar-refractivity contribution in [3.05, 3.63) is 39.1 Å². The smallest absolute Gasteiger partial charge is 0.126 e. The van der Waals surface area contributed by atoms with Crippen molar-refractivity contribution in [2.24, 2.45) is 0 Å². The Morgan fingerprint density at radius 2 is 2.38 bits per heavy atom. The molecule has 0 aliphatic carbocycles. The highest BCUT2D eigenvalue weighted by molar-refractivity contribution is 9.10. The van der Waals surface area contributed by atoms with Crippen molar-refractivity contribution in [1.29, 1.82) is 0 Å². The summed E-state index contributed by atoms with van der Waals surface area (Å²) in [5, 5.41) is 5.38. The van der Waals surface area contributed by atoms with Crippen LogP contribution >= 0.6 is 39.0 Å². The second kappa shape index (κ2) is 5.70. The molecule has 0 aliphatic rings. The Balaban J connectivity index is 1.94. The Kier molecular flexibility index (Phi) is 4.26.